The van der Waals surface area contributed by atoms with Crippen molar-refractivity contribution in [2.24, 2.45) is 0 Å². The van der Waals surface area contributed by atoms with Gasteiger partial charge in [-0.05, 0) is 45.9 Å². The number of nitrogens with zero attached hydrogens (tertiary/aromatic N) is 5. The molecule has 4 rings (SSSR count). The van der Waals surface area contributed by atoms with Gasteiger partial charge in [0.05, 0.1) is 17.3 Å². The van der Waals surface area contributed by atoms with Crippen LogP contribution in [-0.2, 0) is 0 Å². The number of hydrogen-bond donors (Lipinski definition) is 1. The number of piperazine rings is 1. The lowest BCUT2D eigenvalue weighted by Gasteiger charge is -2.37. The summed E-state index contributed by atoms with van der Waals surface area (Å²) in [5.74, 6) is 1.79. The average molecular weight is 380 g/mol. The van der Waals surface area contributed by atoms with E-state index in [4.69, 9.17) is 4.74 Å². The third kappa shape index (κ3) is 3.80. The number of fused-ring (bicyclic) bond motifs is 1. The molecule has 0 unspecified atom stereocenters. The zero-order chi connectivity index (χ0) is 19.7. The molecule has 3 aromatic rings. The Morgan fingerprint density at radius 2 is 1.79 bits per heavy atom. The highest BCUT2D eigenvalue weighted by Gasteiger charge is 2.21. The van der Waals surface area contributed by atoms with Gasteiger partial charge in [-0.25, -0.2) is 9.97 Å². The molecule has 1 aromatic carbocycles. The first-order valence-electron chi connectivity index (χ1n) is 9.97. The molecule has 1 N–H and O–H groups in total. The van der Waals surface area contributed by atoms with E-state index in [0.29, 0.717) is 6.04 Å². The molecule has 0 bridgehead atoms. The van der Waals surface area contributed by atoms with Gasteiger partial charge in [-0.15, -0.1) is 0 Å². The van der Waals surface area contributed by atoms with Crippen molar-refractivity contribution in [1.29, 1.82) is 0 Å². The Morgan fingerprint density at radius 3 is 2.50 bits per heavy atom. The third-order valence-corrected chi connectivity index (χ3v) is 5.17. The van der Waals surface area contributed by atoms with Crippen molar-refractivity contribution >= 4 is 16.7 Å². The molecule has 0 aliphatic carbocycles. The van der Waals surface area contributed by atoms with Crippen molar-refractivity contribution in [1.82, 2.24) is 25.1 Å². The molecule has 0 atom stereocenters. The van der Waals surface area contributed by atoms with Crippen LogP contribution in [0.4, 0.5) is 5.82 Å². The molecule has 1 fully saturated rings. The Hall–Kier alpha value is -2.67. The summed E-state index contributed by atoms with van der Waals surface area (Å²) in [5.41, 5.74) is 2.62. The average Bonchev–Trinajstić information content (AvgIpc) is 3.11. The highest BCUT2D eigenvalue weighted by molar-refractivity contribution is 5.93. The number of hydrogen-bond acceptors (Lipinski definition) is 6. The summed E-state index contributed by atoms with van der Waals surface area (Å²) in [7, 11) is 0. The molecule has 0 spiro atoms. The minimum absolute atomic E-state index is 0.128. The topological polar surface area (TPSA) is 70.2 Å². The van der Waals surface area contributed by atoms with E-state index in [2.05, 4.69) is 43.8 Å². The summed E-state index contributed by atoms with van der Waals surface area (Å²) in [4.78, 5) is 13.8. The van der Waals surface area contributed by atoms with E-state index >= 15 is 0 Å². The van der Waals surface area contributed by atoms with Crippen molar-refractivity contribution in [3.05, 3.63) is 30.6 Å². The van der Waals surface area contributed by atoms with E-state index < -0.39 is 0 Å². The van der Waals surface area contributed by atoms with Crippen LogP contribution in [0.15, 0.2) is 30.6 Å². The van der Waals surface area contributed by atoms with Crippen LogP contribution >= 0.6 is 0 Å². The highest BCUT2D eigenvalue weighted by Crippen LogP contribution is 2.30. The van der Waals surface area contributed by atoms with Gasteiger partial charge < -0.3 is 9.64 Å². The summed E-state index contributed by atoms with van der Waals surface area (Å²) < 4.78 is 5.84. The van der Waals surface area contributed by atoms with Gasteiger partial charge in [0, 0.05) is 43.7 Å². The van der Waals surface area contributed by atoms with E-state index in [-0.39, 0.29) is 6.10 Å². The maximum absolute atomic E-state index is 5.84. The molecule has 7 nitrogen and oxygen atoms in total. The quantitative estimate of drug-likeness (QED) is 0.732. The third-order valence-electron chi connectivity index (χ3n) is 5.17. The molecule has 28 heavy (non-hydrogen) atoms. The van der Waals surface area contributed by atoms with Gasteiger partial charge in [-0.3, -0.25) is 10.00 Å². The molecule has 148 valence electrons. The minimum Gasteiger partial charge on any atom is -0.491 e. The second-order valence-electron chi connectivity index (χ2n) is 7.82. The summed E-state index contributed by atoms with van der Waals surface area (Å²) in [5, 5.41) is 8.61. The fraction of sp³-hybridized carbons (Fsp3) is 0.476. The molecule has 0 amide bonds. The Balaban J connectivity index is 1.61. The van der Waals surface area contributed by atoms with Gasteiger partial charge in [0.2, 0.25) is 0 Å². The first-order chi connectivity index (χ1) is 13.5. The van der Waals surface area contributed by atoms with E-state index in [1.807, 2.05) is 38.1 Å². The normalized spacial score (nSPS) is 15.7. The lowest BCUT2D eigenvalue weighted by molar-refractivity contribution is 0.209. The van der Waals surface area contributed by atoms with Crippen LogP contribution in [0.1, 0.15) is 27.7 Å². The van der Waals surface area contributed by atoms with Crippen LogP contribution in [0.3, 0.4) is 0 Å². The molecule has 1 aliphatic rings. The Bertz CT molecular complexity index is 943. The van der Waals surface area contributed by atoms with Crippen molar-refractivity contribution in [3.8, 4) is 17.1 Å². The molecule has 0 saturated carbocycles. The second kappa shape index (κ2) is 7.75. The van der Waals surface area contributed by atoms with E-state index in [1.54, 1.807) is 6.33 Å². The molecule has 7 heteroatoms. The summed E-state index contributed by atoms with van der Waals surface area (Å²) in [6.45, 7) is 12.6. The van der Waals surface area contributed by atoms with Gasteiger partial charge in [-0.2, -0.15) is 5.10 Å². The van der Waals surface area contributed by atoms with Crippen LogP contribution in [0.2, 0.25) is 0 Å². The zero-order valence-electron chi connectivity index (χ0n) is 17.0. The van der Waals surface area contributed by atoms with Gasteiger partial charge >= 0.3 is 0 Å². The number of benzene rings is 1. The standard InChI is InChI=1S/C21H28N6O/c1-14(2)26-7-9-27(10-8-26)20-12-19(22-13-23-20)21-17-11-16(28-15(3)4)5-6-18(17)24-25-21/h5-6,11-15H,7-10H2,1-4H3,(H,24,25). The van der Waals surface area contributed by atoms with Crippen molar-refractivity contribution in [2.45, 2.75) is 39.8 Å². The van der Waals surface area contributed by atoms with E-state index in [0.717, 1.165) is 60.0 Å². The molecule has 2 aromatic heterocycles. The summed E-state index contributed by atoms with van der Waals surface area (Å²) >= 11 is 0. The maximum atomic E-state index is 5.84. The van der Waals surface area contributed by atoms with Crippen LogP contribution in [0.25, 0.3) is 22.3 Å². The number of aromatic nitrogens is 4. The van der Waals surface area contributed by atoms with E-state index in [9.17, 15) is 0 Å². The molecule has 3 heterocycles. The fourth-order valence-corrected chi connectivity index (χ4v) is 3.65. The number of aromatic amines is 1. The van der Waals surface area contributed by atoms with Crippen LogP contribution < -0.4 is 9.64 Å². The first-order valence-corrected chi connectivity index (χ1v) is 9.97. The first kappa shape index (κ1) is 18.7. The maximum Gasteiger partial charge on any atom is 0.132 e. The molecule has 1 aliphatic heterocycles. The molecule has 0 radical (unpaired) electrons. The lowest BCUT2D eigenvalue weighted by Crippen LogP contribution is -2.49. The number of anilines is 1. The van der Waals surface area contributed by atoms with Gasteiger partial charge in [0.15, 0.2) is 0 Å². The second-order valence-corrected chi connectivity index (χ2v) is 7.82. The number of ether oxygens (including phenoxy) is 1. The van der Waals surface area contributed by atoms with Crippen molar-refractivity contribution < 1.29 is 4.74 Å². The Labute approximate surface area is 165 Å². The Morgan fingerprint density at radius 1 is 1.00 bits per heavy atom. The fourth-order valence-electron chi connectivity index (χ4n) is 3.65. The number of rotatable bonds is 5. The van der Waals surface area contributed by atoms with E-state index in [1.165, 1.54) is 0 Å². The van der Waals surface area contributed by atoms with Crippen LogP contribution in [0, 0.1) is 0 Å². The van der Waals surface area contributed by atoms with Crippen molar-refractivity contribution in [3.63, 3.8) is 0 Å². The van der Waals surface area contributed by atoms with Crippen LogP contribution in [0.5, 0.6) is 5.75 Å². The largest absolute Gasteiger partial charge is 0.491 e. The zero-order valence-corrected chi connectivity index (χ0v) is 17.0. The number of nitrogens with one attached hydrogen (secondary N) is 1. The summed E-state index contributed by atoms with van der Waals surface area (Å²) in [6.07, 6.45) is 1.76. The van der Waals surface area contributed by atoms with Crippen molar-refractivity contribution in [2.75, 3.05) is 31.1 Å². The Kier molecular flexibility index (Phi) is 5.17. The van der Waals surface area contributed by atoms with Crippen LogP contribution in [-0.4, -0.2) is 63.4 Å². The predicted octanol–water partition coefficient (Wildman–Crippen LogP) is 3.34. The van der Waals surface area contributed by atoms with Gasteiger partial charge in [0.1, 0.15) is 23.6 Å². The minimum atomic E-state index is 0.128. The predicted molar refractivity (Wildman–Crippen MR) is 112 cm³/mol. The highest BCUT2D eigenvalue weighted by atomic mass is 16.5. The summed E-state index contributed by atoms with van der Waals surface area (Å²) in [6, 6.07) is 8.61. The van der Waals surface area contributed by atoms with Gasteiger partial charge in [-0.1, -0.05) is 0 Å². The molecule has 1 saturated heterocycles. The van der Waals surface area contributed by atoms with Gasteiger partial charge in [0.25, 0.3) is 0 Å². The number of H-pyrrole nitrogens is 1. The monoisotopic (exact) mass is 380 g/mol. The lowest BCUT2D eigenvalue weighted by atomic mass is 10.1. The smallest absolute Gasteiger partial charge is 0.132 e. The molecular formula is C21H28N6O. The molecular weight excluding hydrogens is 352 g/mol. The SMILES string of the molecule is CC(C)Oc1ccc2[nH]nc(-c3cc(N4CCN(C(C)C)CC4)ncn3)c2c1.